The smallest absolute Gasteiger partial charge is 0.224 e. The number of hydrogen-bond donors (Lipinski definition) is 1. The summed E-state index contributed by atoms with van der Waals surface area (Å²) in [6.45, 7) is 0. The SMILES string of the molecule is Clc1ncc(Cl)c(NC2CCCCCCC2)n1. The molecule has 0 bridgehead atoms. The molecular weight excluding hydrogens is 257 g/mol. The Balaban J connectivity index is 2.00. The summed E-state index contributed by atoms with van der Waals surface area (Å²) in [5, 5.41) is 4.17. The number of anilines is 1. The van der Waals surface area contributed by atoms with Gasteiger partial charge in [0.05, 0.1) is 6.20 Å². The van der Waals surface area contributed by atoms with Gasteiger partial charge in [-0.3, -0.25) is 0 Å². The van der Waals surface area contributed by atoms with Gasteiger partial charge in [-0.2, -0.15) is 4.98 Å². The lowest BCUT2D eigenvalue weighted by molar-refractivity contribution is 0.470. The maximum atomic E-state index is 6.04. The van der Waals surface area contributed by atoms with Crippen molar-refractivity contribution in [2.45, 2.75) is 51.0 Å². The largest absolute Gasteiger partial charge is 0.366 e. The third-order valence-corrected chi connectivity index (χ3v) is 3.62. The molecule has 17 heavy (non-hydrogen) atoms. The molecule has 1 aliphatic carbocycles. The van der Waals surface area contributed by atoms with Crippen LogP contribution in [0.3, 0.4) is 0 Å². The zero-order valence-corrected chi connectivity index (χ0v) is 11.3. The Kier molecular flexibility index (Phi) is 4.86. The number of nitrogens with zero attached hydrogens (tertiary/aromatic N) is 2. The molecule has 3 nitrogen and oxygen atoms in total. The van der Waals surface area contributed by atoms with Gasteiger partial charge in [0.15, 0.2) is 0 Å². The maximum absolute atomic E-state index is 6.04. The van der Waals surface area contributed by atoms with Crippen molar-refractivity contribution in [3.63, 3.8) is 0 Å². The van der Waals surface area contributed by atoms with Gasteiger partial charge in [-0.05, 0) is 24.4 Å². The quantitative estimate of drug-likeness (QED) is 0.817. The zero-order chi connectivity index (χ0) is 12.1. The summed E-state index contributed by atoms with van der Waals surface area (Å²) in [6.07, 6.45) is 10.5. The Labute approximate surface area is 112 Å². The molecule has 0 atom stereocenters. The minimum absolute atomic E-state index is 0.239. The maximum Gasteiger partial charge on any atom is 0.224 e. The van der Waals surface area contributed by atoms with Crippen LogP contribution in [-0.4, -0.2) is 16.0 Å². The molecular formula is C12H17Cl2N3. The molecule has 1 aromatic heterocycles. The van der Waals surface area contributed by atoms with E-state index < -0.39 is 0 Å². The fourth-order valence-corrected chi connectivity index (χ4v) is 2.52. The number of halogens is 2. The lowest BCUT2D eigenvalue weighted by Crippen LogP contribution is -2.21. The van der Waals surface area contributed by atoms with Crippen LogP contribution >= 0.6 is 23.2 Å². The molecule has 1 heterocycles. The summed E-state index contributed by atoms with van der Waals surface area (Å²) in [7, 11) is 0. The van der Waals surface area contributed by atoms with E-state index >= 15 is 0 Å². The van der Waals surface area contributed by atoms with Gasteiger partial charge in [0.25, 0.3) is 0 Å². The second-order valence-corrected chi connectivity index (χ2v) is 5.27. The predicted octanol–water partition coefficient (Wildman–Crippen LogP) is 4.31. The number of nitrogens with one attached hydrogen (secondary N) is 1. The highest BCUT2D eigenvalue weighted by Crippen LogP contribution is 2.24. The first kappa shape index (κ1) is 12.9. The van der Waals surface area contributed by atoms with Gasteiger partial charge in [0, 0.05) is 6.04 Å². The molecule has 0 aliphatic heterocycles. The van der Waals surface area contributed by atoms with Gasteiger partial charge in [-0.25, -0.2) is 4.98 Å². The first-order valence-electron chi connectivity index (χ1n) is 6.20. The van der Waals surface area contributed by atoms with Crippen LogP contribution in [0.15, 0.2) is 6.20 Å². The van der Waals surface area contributed by atoms with E-state index in [1.165, 1.54) is 44.9 Å². The lowest BCUT2D eigenvalue weighted by atomic mass is 9.97. The molecule has 0 radical (unpaired) electrons. The summed E-state index contributed by atoms with van der Waals surface area (Å²) >= 11 is 11.8. The van der Waals surface area contributed by atoms with Gasteiger partial charge >= 0.3 is 0 Å². The molecule has 1 aliphatic rings. The zero-order valence-electron chi connectivity index (χ0n) is 9.75. The first-order valence-corrected chi connectivity index (χ1v) is 6.96. The second kappa shape index (κ2) is 6.41. The van der Waals surface area contributed by atoms with Crippen LogP contribution in [0.1, 0.15) is 44.9 Å². The Morgan fingerprint density at radius 3 is 2.41 bits per heavy atom. The summed E-state index contributed by atoms with van der Waals surface area (Å²) < 4.78 is 0. The Bertz CT molecular complexity index is 363. The molecule has 0 spiro atoms. The van der Waals surface area contributed by atoms with Crippen LogP contribution in [-0.2, 0) is 0 Å². The topological polar surface area (TPSA) is 37.8 Å². The Morgan fingerprint density at radius 1 is 1.06 bits per heavy atom. The number of rotatable bonds is 2. The average molecular weight is 274 g/mol. The van der Waals surface area contributed by atoms with Crippen molar-refractivity contribution in [1.29, 1.82) is 0 Å². The molecule has 0 aromatic carbocycles. The van der Waals surface area contributed by atoms with Crippen molar-refractivity contribution >= 4 is 29.0 Å². The van der Waals surface area contributed by atoms with Crippen LogP contribution in [0.5, 0.6) is 0 Å². The van der Waals surface area contributed by atoms with Crippen LogP contribution in [0.2, 0.25) is 10.3 Å². The molecule has 1 N–H and O–H groups in total. The van der Waals surface area contributed by atoms with Crippen molar-refractivity contribution in [3.8, 4) is 0 Å². The Hall–Kier alpha value is -0.540. The van der Waals surface area contributed by atoms with E-state index in [1.54, 1.807) is 6.20 Å². The number of aromatic nitrogens is 2. The normalized spacial score (nSPS) is 18.5. The monoisotopic (exact) mass is 273 g/mol. The van der Waals surface area contributed by atoms with E-state index in [0.29, 0.717) is 16.9 Å². The van der Waals surface area contributed by atoms with Gasteiger partial charge in [0.2, 0.25) is 5.28 Å². The summed E-state index contributed by atoms with van der Waals surface area (Å²) in [5.41, 5.74) is 0. The second-order valence-electron chi connectivity index (χ2n) is 4.52. The fraction of sp³-hybridized carbons (Fsp3) is 0.667. The molecule has 0 saturated heterocycles. The van der Waals surface area contributed by atoms with Crippen molar-refractivity contribution in [3.05, 3.63) is 16.5 Å². The fourth-order valence-electron chi connectivity index (χ4n) is 2.24. The van der Waals surface area contributed by atoms with E-state index in [1.807, 2.05) is 0 Å². The molecule has 94 valence electrons. The Morgan fingerprint density at radius 2 is 1.71 bits per heavy atom. The van der Waals surface area contributed by atoms with Gasteiger partial charge in [0.1, 0.15) is 10.8 Å². The highest BCUT2D eigenvalue weighted by atomic mass is 35.5. The van der Waals surface area contributed by atoms with Crippen molar-refractivity contribution < 1.29 is 0 Å². The molecule has 1 aromatic rings. The van der Waals surface area contributed by atoms with E-state index in [-0.39, 0.29) is 5.28 Å². The molecule has 0 unspecified atom stereocenters. The summed E-state index contributed by atoms with van der Waals surface area (Å²) in [5.74, 6) is 0.664. The van der Waals surface area contributed by atoms with E-state index in [4.69, 9.17) is 23.2 Å². The van der Waals surface area contributed by atoms with Gasteiger partial charge < -0.3 is 5.32 Å². The third-order valence-electron chi connectivity index (χ3n) is 3.16. The van der Waals surface area contributed by atoms with E-state index in [2.05, 4.69) is 15.3 Å². The molecule has 5 heteroatoms. The van der Waals surface area contributed by atoms with Crippen molar-refractivity contribution in [2.24, 2.45) is 0 Å². The van der Waals surface area contributed by atoms with Crippen molar-refractivity contribution in [2.75, 3.05) is 5.32 Å². The highest BCUT2D eigenvalue weighted by molar-refractivity contribution is 6.33. The lowest BCUT2D eigenvalue weighted by Gasteiger charge is -2.21. The van der Waals surface area contributed by atoms with Gasteiger partial charge in [-0.1, -0.05) is 43.7 Å². The van der Waals surface area contributed by atoms with E-state index in [0.717, 1.165) is 0 Å². The molecule has 1 fully saturated rings. The van der Waals surface area contributed by atoms with Crippen LogP contribution in [0, 0.1) is 0 Å². The molecule has 0 amide bonds. The van der Waals surface area contributed by atoms with Crippen molar-refractivity contribution in [1.82, 2.24) is 9.97 Å². The summed E-state index contributed by atoms with van der Waals surface area (Å²) in [6, 6.07) is 0.457. The van der Waals surface area contributed by atoms with Crippen LogP contribution in [0.25, 0.3) is 0 Å². The van der Waals surface area contributed by atoms with Crippen LogP contribution in [0.4, 0.5) is 5.82 Å². The average Bonchev–Trinajstić information content (AvgIpc) is 2.27. The first-order chi connectivity index (χ1) is 8.25. The van der Waals surface area contributed by atoms with Gasteiger partial charge in [-0.15, -0.1) is 0 Å². The summed E-state index contributed by atoms with van der Waals surface area (Å²) in [4.78, 5) is 7.98. The van der Waals surface area contributed by atoms with E-state index in [9.17, 15) is 0 Å². The standard InChI is InChI=1S/C12H17Cl2N3/c13-10-8-15-12(14)17-11(10)16-9-6-4-2-1-3-5-7-9/h8-9H,1-7H2,(H,15,16,17). The molecule has 2 rings (SSSR count). The molecule has 1 saturated carbocycles. The number of hydrogen-bond acceptors (Lipinski definition) is 3. The highest BCUT2D eigenvalue weighted by Gasteiger charge is 2.13. The minimum atomic E-state index is 0.239. The minimum Gasteiger partial charge on any atom is -0.366 e. The third kappa shape index (κ3) is 4.00. The van der Waals surface area contributed by atoms with Crippen LogP contribution < -0.4 is 5.32 Å². The predicted molar refractivity (Wildman–Crippen MR) is 71.8 cm³/mol.